The van der Waals surface area contributed by atoms with Gasteiger partial charge in [0.25, 0.3) is 0 Å². The summed E-state index contributed by atoms with van der Waals surface area (Å²) in [7, 11) is 0. The summed E-state index contributed by atoms with van der Waals surface area (Å²) in [5.41, 5.74) is 0.165. The van der Waals surface area contributed by atoms with Gasteiger partial charge in [0.2, 0.25) is 5.91 Å². The molecule has 3 nitrogen and oxygen atoms in total. The number of likely N-dealkylation sites (tertiary alicyclic amines) is 1. The lowest BCUT2D eigenvalue weighted by atomic mass is 9.75. The van der Waals surface area contributed by atoms with Crippen LogP contribution in [0.3, 0.4) is 0 Å². The molecule has 1 saturated carbocycles. The molecular formula is C13H23NO2. The third kappa shape index (κ3) is 2.10. The summed E-state index contributed by atoms with van der Waals surface area (Å²) in [6.45, 7) is 3.25. The summed E-state index contributed by atoms with van der Waals surface area (Å²) in [6, 6.07) is 0. The Morgan fingerprint density at radius 2 is 2.06 bits per heavy atom. The smallest absolute Gasteiger partial charge is 0.223 e. The molecule has 1 spiro atoms. The fourth-order valence-electron chi connectivity index (χ4n) is 3.28. The largest absolute Gasteiger partial charge is 0.396 e. The van der Waals surface area contributed by atoms with Crippen molar-refractivity contribution in [3.05, 3.63) is 0 Å². The first-order valence-electron chi connectivity index (χ1n) is 6.59. The van der Waals surface area contributed by atoms with Crippen LogP contribution in [0.25, 0.3) is 0 Å². The third-order valence-electron chi connectivity index (χ3n) is 4.42. The Hall–Kier alpha value is -0.570. The van der Waals surface area contributed by atoms with E-state index < -0.39 is 0 Å². The topological polar surface area (TPSA) is 40.5 Å². The van der Waals surface area contributed by atoms with Crippen LogP contribution in [-0.2, 0) is 4.79 Å². The fourth-order valence-corrected chi connectivity index (χ4v) is 3.28. The van der Waals surface area contributed by atoms with Crippen molar-refractivity contribution < 1.29 is 9.90 Å². The minimum atomic E-state index is 0.165. The van der Waals surface area contributed by atoms with Crippen molar-refractivity contribution in [2.45, 2.75) is 57.4 Å². The molecule has 1 aliphatic carbocycles. The highest BCUT2D eigenvalue weighted by atomic mass is 16.3. The number of aliphatic hydroxyl groups is 1. The molecule has 16 heavy (non-hydrogen) atoms. The van der Waals surface area contributed by atoms with Crippen molar-refractivity contribution in [2.24, 2.45) is 5.92 Å². The zero-order chi connectivity index (χ0) is 11.6. The molecule has 3 heteroatoms. The highest BCUT2D eigenvalue weighted by Gasteiger charge is 2.45. The van der Waals surface area contributed by atoms with Crippen molar-refractivity contribution in [2.75, 3.05) is 13.2 Å². The number of carbonyl (C=O) groups is 1. The van der Waals surface area contributed by atoms with E-state index in [1.807, 2.05) is 0 Å². The molecule has 1 heterocycles. The molecule has 0 aromatic heterocycles. The van der Waals surface area contributed by atoms with E-state index in [9.17, 15) is 4.79 Å². The van der Waals surface area contributed by atoms with Gasteiger partial charge in [0, 0.05) is 25.1 Å². The second kappa shape index (κ2) is 4.74. The maximum absolute atomic E-state index is 11.9. The van der Waals surface area contributed by atoms with Crippen LogP contribution in [0.2, 0.25) is 0 Å². The van der Waals surface area contributed by atoms with Crippen molar-refractivity contribution in [1.82, 2.24) is 4.90 Å². The summed E-state index contributed by atoms with van der Waals surface area (Å²) in [4.78, 5) is 14.0. The second-order valence-electron chi connectivity index (χ2n) is 5.53. The maximum atomic E-state index is 11.9. The number of hydrogen-bond acceptors (Lipinski definition) is 2. The summed E-state index contributed by atoms with van der Waals surface area (Å²) in [5.74, 6) is 1.13. The van der Waals surface area contributed by atoms with Crippen molar-refractivity contribution in [1.29, 1.82) is 0 Å². The minimum Gasteiger partial charge on any atom is -0.396 e. The van der Waals surface area contributed by atoms with Crippen LogP contribution in [0.1, 0.15) is 51.9 Å². The van der Waals surface area contributed by atoms with E-state index in [2.05, 4.69) is 11.8 Å². The number of rotatable bonds is 3. The van der Waals surface area contributed by atoms with E-state index in [1.165, 1.54) is 25.7 Å². The first-order chi connectivity index (χ1) is 7.68. The minimum absolute atomic E-state index is 0.165. The summed E-state index contributed by atoms with van der Waals surface area (Å²) in [5, 5.41) is 8.90. The van der Waals surface area contributed by atoms with Crippen LogP contribution >= 0.6 is 0 Å². The zero-order valence-electron chi connectivity index (χ0n) is 10.2. The average Bonchev–Trinajstić information content (AvgIpc) is 2.58. The lowest BCUT2D eigenvalue weighted by Crippen LogP contribution is -2.48. The van der Waals surface area contributed by atoms with Gasteiger partial charge in [-0.3, -0.25) is 4.79 Å². The first kappa shape index (κ1) is 11.9. The summed E-state index contributed by atoms with van der Waals surface area (Å²) < 4.78 is 0. The molecule has 1 aliphatic heterocycles. The summed E-state index contributed by atoms with van der Waals surface area (Å²) in [6.07, 6.45) is 7.34. The van der Waals surface area contributed by atoms with Gasteiger partial charge in [-0.25, -0.2) is 0 Å². The van der Waals surface area contributed by atoms with Gasteiger partial charge < -0.3 is 10.0 Å². The Morgan fingerprint density at radius 1 is 1.38 bits per heavy atom. The lowest BCUT2D eigenvalue weighted by molar-refractivity contribution is -0.132. The molecule has 0 atom stereocenters. The predicted octanol–water partition coefficient (Wildman–Crippen LogP) is 1.94. The van der Waals surface area contributed by atoms with Crippen molar-refractivity contribution in [3.8, 4) is 0 Å². The Morgan fingerprint density at radius 3 is 2.69 bits per heavy atom. The van der Waals surface area contributed by atoms with E-state index in [4.69, 9.17) is 5.11 Å². The molecule has 0 bridgehead atoms. The molecular weight excluding hydrogens is 202 g/mol. The van der Waals surface area contributed by atoms with Crippen molar-refractivity contribution in [3.63, 3.8) is 0 Å². The number of aliphatic hydroxyl groups excluding tert-OH is 1. The quantitative estimate of drug-likeness (QED) is 0.797. The van der Waals surface area contributed by atoms with Gasteiger partial charge in [0.1, 0.15) is 0 Å². The van der Waals surface area contributed by atoms with E-state index in [-0.39, 0.29) is 12.1 Å². The standard InChI is InChI=1S/C13H23NO2/c1-11-3-6-13(7-4-11)8-5-12(16)14(13)9-2-10-15/h11,15H,2-10H2,1H3. The van der Waals surface area contributed by atoms with Crippen LogP contribution in [0.15, 0.2) is 0 Å². The second-order valence-corrected chi connectivity index (χ2v) is 5.53. The first-order valence-corrected chi connectivity index (χ1v) is 6.59. The van der Waals surface area contributed by atoms with Crippen LogP contribution in [0.4, 0.5) is 0 Å². The molecule has 2 aliphatic rings. The molecule has 2 fully saturated rings. The maximum Gasteiger partial charge on any atom is 0.223 e. The van der Waals surface area contributed by atoms with Gasteiger partial charge >= 0.3 is 0 Å². The Labute approximate surface area is 97.8 Å². The van der Waals surface area contributed by atoms with Crippen LogP contribution in [0.5, 0.6) is 0 Å². The highest BCUT2D eigenvalue weighted by molar-refractivity contribution is 5.79. The average molecular weight is 225 g/mol. The molecule has 2 rings (SSSR count). The van der Waals surface area contributed by atoms with E-state index in [1.54, 1.807) is 0 Å². The van der Waals surface area contributed by atoms with Crippen LogP contribution < -0.4 is 0 Å². The van der Waals surface area contributed by atoms with Gasteiger partial charge in [-0.05, 0) is 44.4 Å². The Kier molecular flexibility index (Phi) is 3.53. The number of hydrogen-bond donors (Lipinski definition) is 1. The van der Waals surface area contributed by atoms with Crippen molar-refractivity contribution >= 4 is 5.91 Å². The molecule has 0 radical (unpaired) electrons. The van der Waals surface area contributed by atoms with Gasteiger partial charge in [-0.1, -0.05) is 6.92 Å². The molecule has 0 unspecified atom stereocenters. The van der Waals surface area contributed by atoms with E-state index in [0.29, 0.717) is 5.91 Å². The molecule has 1 N–H and O–H groups in total. The third-order valence-corrected chi connectivity index (χ3v) is 4.42. The van der Waals surface area contributed by atoms with Gasteiger partial charge in [-0.15, -0.1) is 0 Å². The molecule has 1 saturated heterocycles. The SMILES string of the molecule is CC1CCC2(CCC(=O)N2CCCO)CC1. The molecule has 0 aromatic rings. The van der Waals surface area contributed by atoms with E-state index >= 15 is 0 Å². The van der Waals surface area contributed by atoms with E-state index in [0.717, 1.165) is 31.7 Å². The van der Waals surface area contributed by atoms with Crippen LogP contribution in [0, 0.1) is 5.92 Å². The predicted molar refractivity (Wildman–Crippen MR) is 63.0 cm³/mol. The number of carbonyl (C=O) groups excluding carboxylic acids is 1. The Balaban J connectivity index is 2.04. The molecule has 1 amide bonds. The highest BCUT2D eigenvalue weighted by Crippen LogP contribution is 2.43. The number of nitrogens with zero attached hydrogens (tertiary/aromatic N) is 1. The van der Waals surface area contributed by atoms with Gasteiger partial charge in [0.15, 0.2) is 0 Å². The molecule has 92 valence electrons. The monoisotopic (exact) mass is 225 g/mol. The molecule has 0 aromatic carbocycles. The number of amides is 1. The van der Waals surface area contributed by atoms with Crippen LogP contribution in [-0.4, -0.2) is 34.6 Å². The summed E-state index contributed by atoms with van der Waals surface area (Å²) >= 11 is 0. The zero-order valence-corrected chi connectivity index (χ0v) is 10.2. The Bertz CT molecular complexity index is 257. The van der Waals surface area contributed by atoms with Gasteiger partial charge in [0.05, 0.1) is 0 Å². The lowest BCUT2D eigenvalue weighted by Gasteiger charge is -2.43. The normalized spacial score (nSPS) is 35.0. The van der Waals surface area contributed by atoms with Gasteiger partial charge in [-0.2, -0.15) is 0 Å². The fraction of sp³-hybridized carbons (Fsp3) is 0.923.